The van der Waals surface area contributed by atoms with Crippen molar-refractivity contribution in [1.82, 2.24) is 15.5 Å². The van der Waals surface area contributed by atoms with Crippen molar-refractivity contribution >= 4 is 5.91 Å². The van der Waals surface area contributed by atoms with Gasteiger partial charge in [-0.1, -0.05) is 25.4 Å². The predicted octanol–water partition coefficient (Wildman–Crippen LogP) is 2.98. The highest BCUT2D eigenvalue weighted by Crippen LogP contribution is 2.32. The van der Waals surface area contributed by atoms with Gasteiger partial charge in [-0.05, 0) is 24.1 Å². The minimum Gasteiger partial charge on any atom is -0.493 e. The van der Waals surface area contributed by atoms with Gasteiger partial charge in [0.25, 0.3) is 0 Å². The maximum Gasteiger partial charge on any atom is 0.249 e. The molecule has 1 N–H and O–H groups in total. The molecule has 130 valence electrons. The molecule has 0 aliphatic carbocycles. The van der Waals surface area contributed by atoms with E-state index in [9.17, 15) is 4.79 Å². The van der Waals surface area contributed by atoms with Crippen LogP contribution in [-0.4, -0.2) is 30.3 Å². The molecule has 2 aromatic rings. The van der Waals surface area contributed by atoms with Gasteiger partial charge >= 0.3 is 0 Å². The molecule has 1 heterocycles. The molecule has 2 rings (SSSR count). The van der Waals surface area contributed by atoms with Crippen molar-refractivity contribution in [3.05, 3.63) is 24.1 Å². The van der Waals surface area contributed by atoms with E-state index in [0.717, 1.165) is 12.0 Å². The second-order valence-corrected chi connectivity index (χ2v) is 5.59. The lowest BCUT2D eigenvalue weighted by atomic mass is 9.99. The van der Waals surface area contributed by atoms with Gasteiger partial charge < -0.3 is 19.3 Å². The lowest BCUT2D eigenvalue weighted by Crippen LogP contribution is -2.30. The number of rotatable bonds is 7. The molecule has 0 fully saturated rings. The molecule has 0 unspecified atom stereocenters. The summed E-state index contributed by atoms with van der Waals surface area (Å²) in [6, 6.07) is 5.08. The molecular formula is C17H23N3O4. The third kappa shape index (κ3) is 3.84. The Labute approximate surface area is 141 Å². The first-order valence-corrected chi connectivity index (χ1v) is 7.83. The zero-order valence-corrected chi connectivity index (χ0v) is 14.6. The van der Waals surface area contributed by atoms with Gasteiger partial charge in [-0.2, -0.15) is 4.98 Å². The van der Waals surface area contributed by atoms with Crippen LogP contribution >= 0.6 is 0 Å². The Morgan fingerprint density at radius 1 is 1.29 bits per heavy atom. The summed E-state index contributed by atoms with van der Waals surface area (Å²) in [4.78, 5) is 15.9. The Kier molecular flexibility index (Phi) is 5.78. The fraction of sp³-hybridized carbons (Fsp3) is 0.471. The number of benzene rings is 1. The molecule has 0 aliphatic heterocycles. The Morgan fingerprint density at radius 2 is 2.00 bits per heavy atom. The maximum atomic E-state index is 11.4. The summed E-state index contributed by atoms with van der Waals surface area (Å²) in [6.07, 6.45) is 0.874. The van der Waals surface area contributed by atoms with Crippen LogP contribution in [0.2, 0.25) is 0 Å². The summed E-state index contributed by atoms with van der Waals surface area (Å²) in [5.41, 5.74) is 0.744. The van der Waals surface area contributed by atoms with E-state index in [4.69, 9.17) is 14.0 Å². The van der Waals surface area contributed by atoms with Crippen LogP contribution in [0, 0.1) is 5.92 Å². The highest BCUT2D eigenvalue weighted by molar-refractivity contribution is 5.73. The van der Waals surface area contributed by atoms with Crippen LogP contribution in [0.5, 0.6) is 11.5 Å². The second-order valence-electron chi connectivity index (χ2n) is 5.59. The lowest BCUT2D eigenvalue weighted by molar-refractivity contribution is -0.120. The van der Waals surface area contributed by atoms with Crippen LogP contribution in [0.3, 0.4) is 0 Å². The molecule has 2 atom stereocenters. The van der Waals surface area contributed by atoms with Crippen LogP contribution < -0.4 is 14.8 Å². The molecule has 1 aromatic heterocycles. The average Bonchev–Trinajstić information content (AvgIpc) is 3.07. The number of amides is 1. The largest absolute Gasteiger partial charge is 0.493 e. The molecule has 0 bridgehead atoms. The number of methoxy groups -OCH3 is 2. The molecule has 0 spiro atoms. The number of carbonyl (C=O) groups is 1. The van der Waals surface area contributed by atoms with Crippen molar-refractivity contribution in [2.75, 3.05) is 14.2 Å². The molecular weight excluding hydrogens is 310 g/mol. The van der Waals surface area contributed by atoms with Gasteiger partial charge in [0.2, 0.25) is 17.6 Å². The number of aromatic nitrogens is 2. The fourth-order valence-electron chi connectivity index (χ4n) is 2.36. The minimum absolute atomic E-state index is 0.133. The number of ether oxygens (including phenoxy) is 2. The third-order valence-corrected chi connectivity index (χ3v) is 3.92. The van der Waals surface area contributed by atoms with Crippen LogP contribution in [0.15, 0.2) is 22.7 Å². The van der Waals surface area contributed by atoms with Gasteiger partial charge in [0, 0.05) is 12.5 Å². The van der Waals surface area contributed by atoms with E-state index in [-0.39, 0.29) is 17.9 Å². The van der Waals surface area contributed by atoms with E-state index < -0.39 is 0 Å². The summed E-state index contributed by atoms with van der Waals surface area (Å²) in [7, 11) is 3.15. The molecule has 7 nitrogen and oxygen atoms in total. The summed E-state index contributed by atoms with van der Waals surface area (Å²) >= 11 is 0. The number of nitrogens with zero attached hydrogens (tertiary/aromatic N) is 2. The van der Waals surface area contributed by atoms with E-state index in [0.29, 0.717) is 23.2 Å². The van der Waals surface area contributed by atoms with E-state index in [1.807, 2.05) is 19.9 Å². The van der Waals surface area contributed by atoms with Crippen molar-refractivity contribution in [3.8, 4) is 22.9 Å². The van der Waals surface area contributed by atoms with E-state index in [2.05, 4.69) is 15.5 Å². The van der Waals surface area contributed by atoms with Gasteiger partial charge in [0.15, 0.2) is 11.5 Å². The average molecular weight is 333 g/mol. The molecule has 24 heavy (non-hydrogen) atoms. The zero-order valence-electron chi connectivity index (χ0n) is 14.6. The van der Waals surface area contributed by atoms with Gasteiger partial charge in [-0.25, -0.2) is 0 Å². The molecule has 0 radical (unpaired) electrons. The summed E-state index contributed by atoms with van der Waals surface area (Å²) < 4.78 is 15.9. The summed E-state index contributed by atoms with van der Waals surface area (Å²) in [5, 5.41) is 6.90. The second kappa shape index (κ2) is 7.81. The zero-order chi connectivity index (χ0) is 17.7. The Hall–Kier alpha value is -2.57. The first-order valence-electron chi connectivity index (χ1n) is 7.83. The molecule has 7 heteroatoms. The standard InChI is InChI=1S/C17H23N3O4/c1-6-10(2)15(18-11(3)21)17-19-16(20-24-17)12-7-8-13(22-4)14(9-12)23-5/h7-10,15H,6H2,1-5H3,(H,18,21)/t10-,15+/m0/s1. The van der Waals surface area contributed by atoms with Crippen molar-refractivity contribution in [1.29, 1.82) is 0 Å². The highest BCUT2D eigenvalue weighted by Gasteiger charge is 2.25. The number of hydrogen-bond acceptors (Lipinski definition) is 6. The van der Waals surface area contributed by atoms with Crippen molar-refractivity contribution in [2.24, 2.45) is 5.92 Å². The van der Waals surface area contributed by atoms with Crippen molar-refractivity contribution in [3.63, 3.8) is 0 Å². The number of nitrogens with one attached hydrogen (secondary N) is 1. The first kappa shape index (κ1) is 17.8. The summed E-state index contributed by atoms with van der Waals surface area (Å²) in [6.45, 7) is 5.55. The van der Waals surface area contributed by atoms with Crippen LogP contribution in [0.4, 0.5) is 0 Å². The fourth-order valence-corrected chi connectivity index (χ4v) is 2.36. The SMILES string of the molecule is CC[C@H](C)[C@@H](NC(C)=O)c1nc(-c2ccc(OC)c(OC)c2)no1. The van der Waals surface area contributed by atoms with Crippen LogP contribution in [0.25, 0.3) is 11.4 Å². The quantitative estimate of drug-likeness (QED) is 0.838. The normalized spacial score (nSPS) is 13.2. The topological polar surface area (TPSA) is 86.5 Å². The Balaban J connectivity index is 2.33. The maximum absolute atomic E-state index is 11.4. The first-order chi connectivity index (χ1) is 11.5. The van der Waals surface area contributed by atoms with Crippen molar-refractivity contribution < 1.29 is 18.8 Å². The van der Waals surface area contributed by atoms with Gasteiger partial charge in [0.05, 0.1) is 14.2 Å². The molecule has 0 saturated carbocycles. The summed E-state index contributed by atoms with van der Waals surface area (Å²) in [5.74, 6) is 2.08. The predicted molar refractivity (Wildman–Crippen MR) is 88.9 cm³/mol. The van der Waals surface area contributed by atoms with Crippen LogP contribution in [-0.2, 0) is 4.79 Å². The lowest BCUT2D eigenvalue weighted by Gasteiger charge is -2.19. The molecule has 0 aliphatic rings. The van der Waals surface area contributed by atoms with Gasteiger partial charge in [-0.15, -0.1) is 0 Å². The van der Waals surface area contributed by atoms with E-state index >= 15 is 0 Å². The number of hydrogen-bond donors (Lipinski definition) is 1. The number of carbonyl (C=O) groups excluding carboxylic acids is 1. The monoisotopic (exact) mass is 333 g/mol. The molecule has 0 saturated heterocycles. The Bertz CT molecular complexity index is 699. The van der Waals surface area contributed by atoms with Gasteiger partial charge in [0.1, 0.15) is 6.04 Å². The minimum atomic E-state index is -0.311. The Morgan fingerprint density at radius 3 is 2.58 bits per heavy atom. The van der Waals surface area contributed by atoms with Crippen molar-refractivity contribution in [2.45, 2.75) is 33.2 Å². The third-order valence-electron chi connectivity index (χ3n) is 3.92. The van der Waals surface area contributed by atoms with Crippen LogP contribution in [0.1, 0.15) is 39.1 Å². The highest BCUT2D eigenvalue weighted by atomic mass is 16.5. The molecule has 1 amide bonds. The van der Waals surface area contributed by atoms with Gasteiger partial charge in [-0.3, -0.25) is 4.79 Å². The van der Waals surface area contributed by atoms with E-state index in [1.54, 1.807) is 26.4 Å². The molecule has 1 aromatic carbocycles. The van der Waals surface area contributed by atoms with E-state index in [1.165, 1.54) is 6.92 Å². The smallest absolute Gasteiger partial charge is 0.249 e.